The minimum atomic E-state index is 0.126. The molecule has 0 radical (unpaired) electrons. The van der Waals surface area contributed by atoms with Gasteiger partial charge in [0.15, 0.2) is 0 Å². The summed E-state index contributed by atoms with van der Waals surface area (Å²) in [6.45, 7) is 3.45. The van der Waals surface area contributed by atoms with Crippen molar-refractivity contribution in [1.82, 2.24) is 5.32 Å². The molecule has 1 aliphatic rings. The molecule has 1 heterocycles. The highest BCUT2D eigenvalue weighted by Crippen LogP contribution is 2.25. The first kappa shape index (κ1) is 12.0. The normalized spacial score (nSPS) is 13.7. The lowest BCUT2D eigenvalue weighted by molar-refractivity contribution is -0.121. The largest absolute Gasteiger partial charge is 0.493 e. The van der Waals surface area contributed by atoms with Crippen LogP contribution in [0.4, 0.5) is 0 Å². The number of carbonyl (C=O) groups is 1. The van der Waals surface area contributed by atoms with E-state index in [9.17, 15) is 4.79 Å². The summed E-state index contributed by atoms with van der Waals surface area (Å²) < 4.78 is 5.56. The van der Waals surface area contributed by atoms with Crippen molar-refractivity contribution >= 4 is 5.91 Å². The van der Waals surface area contributed by atoms with Gasteiger partial charge in [0, 0.05) is 13.0 Å². The molecule has 0 fully saturated rings. The van der Waals surface area contributed by atoms with Gasteiger partial charge in [-0.3, -0.25) is 4.79 Å². The Bertz CT molecular complexity index is 401. The van der Waals surface area contributed by atoms with Crippen LogP contribution in [0, 0.1) is 0 Å². The Balaban J connectivity index is 1.95. The molecule has 0 aliphatic carbocycles. The molecule has 17 heavy (non-hydrogen) atoms. The molecule has 0 bridgehead atoms. The molecule has 0 atom stereocenters. The minimum absolute atomic E-state index is 0.126. The number of ether oxygens (including phenoxy) is 1. The van der Waals surface area contributed by atoms with Crippen molar-refractivity contribution < 1.29 is 9.53 Å². The van der Waals surface area contributed by atoms with E-state index >= 15 is 0 Å². The van der Waals surface area contributed by atoms with Gasteiger partial charge in [-0.05, 0) is 36.5 Å². The summed E-state index contributed by atoms with van der Waals surface area (Å²) >= 11 is 0. The first-order chi connectivity index (χ1) is 8.29. The van der Waals surface area contributed by atoms with Gasteiger partial charge in [0.1, 0.15) is 5.75 Å². The van der Waals surface area contributed by atoms with E-state index in [1.54, 1.807) is 0 Å². The van der Waals surface area contributed by atoms with Crippen LogP contribution >= 0.6 is 0 Å². The van der Waals surface area contributed by atoms with E-state index in [2.05, 4.69) is 11.4 Å². The van der Waals surface area contributed by atoms with Crippen LogP contribution in [0.25, 0.3) is 0 Å². The summed E-state index contributed by atoms with van der Waals surface area (Å²) in [6.07, 6.45) is 3.66. The fourth-order valence-corrected chi connectivity index (χ4v) is 2.04. The topological polar surface area (TPSA) is 38.3 Å². The number of aryl methyl sites for hydroxylation is 1. The lowest BCUT2D eigenvalue weighted by atomic mass is 10.0. The van der Waals surface area contributed by atoms with Crippen molar-refractivity contribution in [2.24, 2.45) is 0 Å². The van der Waals surface area contributed by atoms with Crippen LogP contribution in [-0.2, 0) is 17.8 Å². The zero-order valence-corrected chi connectivity index (χ0v) is 10.3. The summed E-state index contributed by atoms with van der Waals surface area (Å²) in [7, 11) is 0. The van der Waals surface area contributed by atoms with Gasteiger partial charge in [-0.25, -0.2) is 0 Å². The van der Waals surface area contributed by atoms with Crippen LogP contribution in [0.1, 0.15) is 37.3 Å². The standard InChI is InChI=1S/C14H19NO2/c1-2-4-14(16)15-10-11-6-7-13-12(9-11)5-3-8-17-13/h6-7,9H,2-5,8,10H2,1H3,(H,15,16). The van der Waals surface area contributed by atoms with Crippen molar-refractivity contribution in [3.05, 3.63) is 29.3 Å². The molecule has 1 aromatic rings. The van der Waals surface area contributed by atoms with Gasteiger partial charge >= 0.3 is 0 Å². The van der Waals surface area contributed by atoms with Crippen molar-refractivity contribution in [2.75, 3.05) is 6.61 Å². The van der Waals surface area contributed by atoms with E-state index in [0.29, 0.717) is 13.0 Å². The highest BCUT2D eigenvalue weighted by Gasteiger charge is 2.10. The van der Waals surface area contributed by atoms with Gasteiger partial charge in [0.2, 0.25) is 5.91 Å². The molecule has 0 aromatic heterocycles. The Morgan fingerprint density at radius 3 is 3.18 bits per heavy atom. The number of amides is 1. The van der Waals surface area contributed by atoms with E-state index in [0.717, 1.165) is 37.2 Å². The molecular weight excluding hydrogens is 214 g/mol. The van der Waals surface area contributed by atoms with E-state index < -0.39 is 0 Å². The highest BCUT2D eigenvalue weighted by atomic mass is 16.5. The molecule has 0 unspecified atom stereocenters. The fraction of sp³-hybridized carbons (Fsp3) is 0.500. The average molecular weight is 233 g/mol. The third-order valence-corrected chi connectivity index (χ3v) is 2.94. The molecular formula is C14H19NO2. The third kappa shape index (κ3) is 3.22. The zero-order chi connectivity index (χ0) is 12.1. The predicted octanol–water partition coefficient (Wildman–Crippen LogP) is 2.43. The van der Waals surface area contributed by atoms with Gasteiger partial charge < -0.3 is 10.1 Å². The van der Waals surface area contributed by atoms with Gasteiger partial charge in [-0.15, -0.1) is 0 Å². The van der Waals surface area contributed by atoms with Gasteiger partial charge in [0.05, 0.1) is 6.61 Å². The monoisotopic (exact) mass is 233 g/mol. The predicted molar refractivity (Wildman–Crippen MR) is 67.0 cm³/mol. The van der Waals surface area contributed by atoms with Crippen LogP contribution < -0.4 is 10.1 Å². The molecule has 0 saturated carbocycles. The lowest BCUT2D eigenvalue weighted by Crippen LogP contribution is -2.22. The third-order valence-electron chi connectivity index (χ3n) is 2.94. The number of hydrogen-bond donors (Lipinski definition) is 1. The SMILES string of the molecule is CCCC(=O)NCc1ccc2c(c1)CCCO2. The van der Waals surface area contributed by atoms with Crippen LogP contribution in [0.2, 0.25) is 0 Å². The molecule has 0 spiro atoms. The molecule has 1 N–H and O–H groups in total. The maximum Gasteiger partial charge on any atom is 0.220 e. The number of benzene rings is 1. The Hall–Kier alpha value is -1.51. The number of fused-ring (bicyclic) bond motifs is 1. The quantitative estimate of drug-likeness (QED) is 0.867. The highest BCUT2D eigenvalue weighted by molar-refractivity contribution is 5.75. The van der Waals surface area contributed by atoms with E-state index in [1.165, 1.54) is 5.56 Å². The van der Waals surface area contributed by atoms with Crippen molar-refractivity contribution in [1.29, 1.82) is 0 Å². The number of nitrogens with one attached hydrogen (secondary N) is 1. The second kappa shape index (κ2) is 5.71. The Morgan fingerprint density at radius 1 is 1.47 bits per heavy atom. The van der Waals surface area contributed by atoms with Crippen LogP contribution in [0.3, 0.4) is 0 Å². The van der Waals surface area contributed by atoms with E-state index in [1.807, 2.05) is 19.1 Å². The fourth-order valence-electron chi connectivity index (χ4n) is 2.04. The first-order valence-electron chi connectivity index (χ1n) is 6.31. The molecule has 1 amide bonds. The summed E-state index contributed by atoms with van der Waals surface area (Å²) in [6, 6.07) is 6.17. The van der Waals surface area contributed by atoms with Crippen LogP contribution in [-0.4, -0.2) is 12.5 Å². The van der Waals surface area contributed by atoms with Crippen LogP contribution in [0.15, 0.2) is 18.2 Å². The minimum Gasteiger partial charge on any atom is -0.493 e. The molecule has 92 valence electrons. The molecule has 0 saturated heterocycles. The molecule has 2 rings (SSSR count). The van der Waals surface area contributed by atoms with Crippen molar-refractivity contribution in [2.45, 2.75) is 39.2 Å². The average Bonchev–Trinajstić information content (AvgIpc) is 2.36. The summed E-state index contributed by atoms with van der Waals surface area (Å²) in [5.74, 6) is 1.13. The van der Waals surface area contributed by atoms with Crippen molar-refractivity contribution in [3.8, 4) is 5.75 Å². The molecule has 1 aromatic carbocycles. The lowest BCUT2D eigenvalue weighted by Gasteiger charge is -2.18. The molecule has 3 nitrogen and oxygen atoms in total. The summed E-state index contributed by atoms with van der Waals surface area (Å²) in [4.78, 5) is 11.4. The van der Waals surface area contributed by atoms with Crippen molar-refractivity contribution in [3.63, 3.8) is 0 Å². The van der Waals surface area contributed by atoms with Gasteiger partial charge in [-0.2, -0.15) is 0 Å². The zero-order valence-electron chi connectivity index (χ0n) is 10.3. The maximum atomic E-state index is 11.4. The second-order valence-corrected chi connectivity index (χ2v) is 4.42. The Kier molecular flexibility index (Phi) is 4.02. The number of hydrogen-bond acceptors (Lipinski definition) is 2. The van der Waals surface area contributed by atoms with E-state index in [4.69, 9.17) is 4.74 Å². The Labute approximate surface area is 102 Å². The number of carbonyl (C=O) groups excluding carboxylic acids is 1. The first-order valence-corrected chi connectivity index (χ1v) is 6.31. The van der Waals surface area contributed by atoms with E-state index in [-0.39, 0.29) is 5.91 Å². The molecule has 1 aliphatic heterocycles. The maximum absolute atomic E-state index is 11.4. The van der Waals surface area contributed by atoms with Gasteiger partial charge in [-0.1, -0.05) is 19.1 Å². The van der Waals surface area contributed by atoms with Crippen LogP contribution in [0.5, 0.6) is 5.75 Å². The van der Waals surface area contributed by atoms with Gasteiger partial charge in [0.25, 0.3) is 0 Å². The Morgan fingerprint density at radius 2 is 2.35 bits per heavy atom. The molecule has 3 heteroatoms. The summed E-state index contributed by atoms with van der Waals surface area (Å²) in [5, 5.41) is 2.93. The smallest absolute Gasteiger partial charge is 0.220 e. The second-order valence-electron chi connectivity index (χ2n) is 4.42. The number of rotatable bonds is 4. The summed E-state index contributed by atoms with van der Waals surface area (Å²) in [5.41, 5.74) is 2.41.